The molecule has 0 radical (unpaired) electrons. The molecule has 2 N–H and O–H groups in total. The molecule has 4 heterocycles. The fourth-order valence-corrected chi connectivity index (χ4v) is 8.42. The number of β-lactam (4-membered cyclic amide) rings is 1. The summed E-state index contributed by atoms with van der Waals surface area (Å²) >= 11 is 7.11. The van der Waals surface area contributed by atoms with Crippen LogP contribution in [0.2, 0.25) is 0 Å². The van der Waals surface area contributed by atoms with Gasteiger partial charge in [-0.15, -0.1) is 22.0 Å². The molecular weight excluding hydrogens is 633 g/mol. The van der Waals surface area contributed by atoms with Crippen LogP contribution in [0.1, 0.15) is 41.6 Å². The highest BCUT2D eigenvalue weighted by molar-refractivity contribution is 9.10. The maximum Gasteiger partial charge on any atom is 0.436 e. The van der Waals surface area contributed by atoms with E-state index >= 15 is 0 Å². The third-order valence-corrected chi connectivity index (χ3v) is 10.3. The minimum absolute atomic E-state index is 0.0408. The van der Waals surface area contributed by atoms with E-state index in [0.29, 0.717) is 27.1 Å². The Hall–Kier alpha value is -2.11. The quantitative estimate of drug-likeness (QED) is 0.308. The molecule has 0 bridgehead atoms. The van der Waals surface area contributed by atoms with Crippen LogP contribution >= 0.6 is 50.8 Å². The number of aliphatic carboxylic acids is 1. The third-order valence-electron chi connectivity index (χ3n) is 6.16. The topological polar surface area (TPSA) is 130 Å². The molecule has 38 heavy (non-hydrogen) atoms. The van der Waals surface area contributed by atoms with Gasteiger partial charge in [0.25, 0.3) is 5.91 Å². The lowest BCUT2D eigenvalue weighted by molar-refractivity contribution is -0.150. The number of thioether (sulfide) groups is 2. The lowest BCUT2D eigenvalue weighted by atomic mass is 10.0. The van der Waals surface area contributed by atoms with Crippen molar-refractivity contribution in [1.82, 2.24) is 30.2 Å². The molecular formula is C21H20BrF3N6O4S3. The number of aromatic nitrogens is 4. The SMILES string of the molecule is Cc1nnc(SCC2=C(C(=O)O)N3C(=O)C(NC(=O)CCn4nc(C(F)(F)F)c(Br)c4C4CC4)C3SC2)s1. The number of carboxylic acid groups (broad SMARTS) is 1. The van der Waals surface area contributed by atoms with Gasteiger partial charge in [-0.2, -0.15) is 18.3 Å². The van der Waals surface area contributed by atoms with Crippen LogP contribution in [-0.4, -0.2) is 70.7 Å². The summed E-state index contributed by atoms with van der Waals surface area (Å²) in [6.45, 7) is 1.74. The Balaban J connectivity index is 1.22. The normalized spacial score (nSPS) is 21.4. The van der Waals surface area contributed by atoms with E-state index < -0.39 is 41.1 Å². The summed E-state index contributed by atoms with van der Waals surface area (Å²) in [6.07, 6.45) is -3.31. The summed E-state index contributed by atoms with van der Waals surface area (Å²) in [4.78, 5) is 38.7. The molecule has 2 aromatic heterocycles. The lowest BCUT2D eigenvalue weighted by Crippen LogP contribution is -2.70. The van der Waals surface area contributed by atoms with Gasteiger partial charge in [0.05, 0.1) is 16.7 Å². The number of hydrogen-bond acceptors (Lipinski definition) is 9. The van der Waals surface area contributed by atoms with Crippen LogP contribution in [0.5, 0.6) is 0 Å². The van der Waals surface area contributed by atoms with Crippen LogP contribution in [0, 0.1) is 6.92 Å². The predicted molar refractivity (Wildman–Crippen MR) is 137 cm³/mol. The zero-order valence-electron chi connectivity index (χ0n) is 19.6. The van der Waals surface area contributed by atoms with Crippen molar-refractivity contribution in [3.05, 3.63) is 32.1 Å². The second-order valence-corrected chi connectivity index (χ2v) is 13.2. The minimum Gasteiger partial charge on any atom is -0.477 e. The summed E-state index contributed by atoms with van der Waals surface area (Å²) in [5, 5.41) is 24.3. The molecule has 1 saturated carbocycles. The number of nitrogens with one attached hydrogen (secondary N) is 1. The van der Waals surface area contributed by atoms with E-state index in [1.807, 2.05) is 6.92 Å². The molecule has 17 heteroatoms. The first-order chi connectivity index (χ1) is 18.0. The Morgan fingerprint density at radius 1 is 1.29 bits per heavy atom. The molecule has 2 unspecified atom stereocenters. The number of amides is 2. The number of nitrogens with zero attached hydrogens (tertiary/aromatic N) is 5. The van der Waals surface area contributed by atoms with E-state index in [1.165, 1.54) is 44.4 Å². The highest BCUT2D eigenvalue weighted by atomic mass is 79.9. The molecule has 0 aromatic carbocycles. The lowest BCUT2D eigenvalue weighted by Gasteiger charge is -2.49. The van der Waals surface area contributed by atoms with Gasteiger partial charge in [0.15, 0.2) is 10.0 Å². The van der Waals surface area contributed by atoms with Crippen LogP contribution in [-0.2, 0) is 27.1 Å². The molecule has 204 valence electrons. The number of halogens is 4. The highest BCUT2D eigenvalue weighted by Crippen LogP contribution is 2.47. The minimum atomic E-state index is -4.63. The molecule has 2 aliphatic heterocycles. The zero-order chi connectivity index (χ0) is 27.4. The Labute approximate surface area is 234 Å². The fraction of sp³-hybridized carbons (Fsp3) is 0.524. The van der Waals surface area contributed by atoms with Crippen LogP contribution in [0.4, 0.5) is 13.2 Å². The Bertz CT molecular complexity index is 1340. The summed E-state index contributed by atoms with van der Waals surface area (Å²) in [6, 6.07) is -0.917. The molecule has 2 amide bonds. The fourth-order valence-electron chi connectivity index (χ4n) is 4.28. The van der Waals surface area contributed by atoms with Gasteiger partial charge in [-0.3, -0.25) is 19.2 Å². The van der Waals surface area contributed by atoms with Gasteiger partial charge >= 0.3 is 12.1 Å². The van der Waals surface area contributed by atoms with Gasteiger partial charge in [-0.25, -0.2) is 4.79 Å². The molecule has 2 aromatic rings. The number of carbonyl (C=O) groups excluding carboxylic acids is 2. The number of carboxylic acids is 1. The van der Waals surface area contributed by atoms with Gasteiger partial charge in [-0.05, 0) is 41.3 Å². The van der Waals surface area contributed by atoms with Gasteiger partial charge in [0.1, 0.15) is 22.1 Å². The smallest absolute Gasteiger partial charge is 0.436 e. The van der Waals surface area contributed by atoms with Gasteiger partial charge in [-0.1, -0.05) is 23.1 Å². The third kappa shape index (κ3) is 5.34. The van der Waals surface area contributed by atoms with Crippen LogP contribution < -0.4 is 5.32 Å². The van der Waals surface area contributed by atoms with Crippen molar-refractivity contribution in [2.24, 2.45) is 0 Å². The average molecular weight is 654 g/mol. The molecule has 1 aliphatic carbocycles. The molecule has 1 saturated heterocycles. The molecule has 2 atom stereocenters. The number of carbonyl (C=O) groups is 3. The van der Waals surface area contributed by atoms with Crippen molar-refractivity contribution in [3.8, 4) is 0 Å². The van der Waals surface area contributed by atoms with Gasteiger partial charge in [0, 0.05) is 23.8 Å². The zero-order valence-corrected chi connectivity index (χ0v) is 23.7. The Kier molecular flexibility index (Phi) is 7.56. The Morgan fingerprint density at radius 3 is 2.63 bits per heavy atom. The number of rotatable bonds is 9. The first kappa shape index (κ1) is 27.5. The van der Waals surface area contributed by atoms with Gasteiger partial charge < -0.3 is 10.4 Å². The Morgan fingerprint density at radius 2 is 2.03 bits per heavy atom. The van der Waals surface area contributed by atoms with E-state index in [0.717, 1.165) is 17.8 Å². The van der Waals surface area contributed by atoms with E-state index in [9.17, 15) is 32.7 Å². The van der Waals surface area contributed by atoms with E-state index in [2.05, 4.69) is 36.5 Å². The highest BCUT2D eigenvalue weighted by Gasteiger charge is 2.54. The predicted octanol–water partition coefficient (Wildman–Crippen LogP) is 3.62. The van der Waals surface area contributed by atoms with Crippen LogP contribution in [0.15, 0.2) is 20.1 Å². The molecule has 3 aliphatic rings. The van der Waals surface area contributed by atoms with Crippen molar-refractivity contribution < 1.29 is 32.7 Å². The van der Waals surface area contributed by atoms with Crippen molar-refractivity contribution in [3.63, 3.8) is 0 Å². The largest absolute Gasteiger partial charge is 0.477 e. The summed E-state index contributed by atoms with van der Waals surface area (Å²) in [7, 11) is 0. The van der Waals surface area contributed by atoms with Crippen molar-refractivity contribution >= 4 is 68.6 Å². The van der Waals surface area contributed by atoms with Crippen molar-refractivity contribution in [2.75, 3.05) is 11.5 Å². The van der Waals surface area contributed by atoms with Crippen molar-refractivity contribution in [1.29, 1.82) is 0 Å². The number of alkyl halides is 3. The second kappa shape index (κ2) is 10.5. The number of hydrogen-bond donors (Lipinski definition) is 2. The molecule has 10 nitrogen and oxygen atoms in total. The number of aryl methyl sites for hydroxylation is 2. The van der Waals surface area contributed by atoms with Gasteiger partial charge in [0.2, 0.25) is 5.91 Å². The second-order valence-electron chi connectivity index (χ2n) is 8.88. The van der Waals surface area contributed by atoms with E-state index in [4.69, 9.17) is 0 Å². The van der Waals surface area contributed by atoms with Crippen molar-refractivity contribution in [2.45, 2.75) is 60.6 Å². The monoisotopic (exact) mass is 652 g/mol. The molecule has 0 spiro atoms. The maximum atomic E-state index is 13.3. The summed E-state index contributed by atoms with van der Waals surface area (Å²) < 4.78 is 41.8. The first-order valence-electron chi connectivity index (χ1n) is 11.4. The average Bonchev–Trinajstić information content (AvgIpc) is 3.50. The maximum absolute atomic E-state index is 13.3. The van der Waals surface area contributed by atoms with Crippen LogP contribution in [0.3, 0.4) is 0 Å². The molecule has 5 rings (SSSR count). The number of fused-ring (bicyclic) bond motifs is 1. The standard InChI is InChI=1S/C21H20BrF3N6O4S3/c1-8-27-28-20(38-8)37-7-10-6-36-18-13(17(33)31(18)15(10)19(34)35)26-11(32)4-5-30-14(9-2-3-9)12(22)16(29-30)21(23,24)25/h9,13,18H,2-7H2,1H3,(H,26,32)(H,34,35). The first-order valence-corrected chi connectivity index (χ1v) is 15.1. The van der Waals surface area contributed by atoms with E-state index in [-0.39, 0.29) is 29.1 Å². The van der Waals surface area contributed by atoms with Crippen LogP contribution in [0.25, 0.3) is 0 Å². The summed E-state index contributed by atoms with van der Waals surface area (Å²) in [5.74, 6) is -1.64. The molecule has 2 fully saturated rings. The van der Waals surface area contributed by atoms with E-state index in [1.54, 1.807) is 0 Å². The summed E-state index contributed by atoms with van der Waals surface area (Å²) in [5.41, 5.74) is -0.115.